The Labute approximate surface area is 239 Å². The van der Waals surface area contributed by atoms with Gasteiger partial charge in [-0.15, -0.1) is 24.9 Å². The molecule has 0 aromatic carbocycles. The highest BCUT2D eigenvalue weighted by Crippen LogP contribution is 2.66. The first-order chi connectivity index (χ1) is 18.3. The molecule has 7 nitrogen and oxygen atoms in total. The van der Waals surface area contributed by atoms with E-state index in [4.69, 9.17) is 9.84 Å². The van der Waals surface area contributed by atoms with Crippen molar-refractivity contribution in [3.63, 3.8) is 0 Å². The summed E-state index contributed by atoms with van der Waals surface area (Å²) in [6.45, 7) is 19.7. The van der Waals surface area contributed by atoms with Crippen LogP contribution in [0.4, 0.5) is 0 Å². The van der Waals surface area contributed by atoms with Crippen LogP contribution in [0.25, 0.3) is 0 Å². The zero-order valence-electron chi connectivity index (χ0n) is 24.7. The third-order valence-electron chi connectivity index (χ3n) is 8.45. The molecule has 3 fully saturated rings. The van der Waals surface area contributed by atoms with Crippen LogP contribution in [0.3, 0.4) is 0 Å². The van der Waals surface area contributed by atoms with Crippen molar-refractivity contribution in [3.8, 4) is 0 Å². The predicted octanol–water partition coefficient (Wildman–Crippen LogP) is 4.98. The highest BCUT2D eigenvalue weighted by molar-refractivity contribution is 8.02. The number of hydrogen-bond acceptors (Lipinski definition) is 6. The van der Waals surface area contributed by atoms with E-state index in [2.05, 4.69) is 47.8 Å². The van der Waals surface area contributed by atoms with Crippen molar-refractivity contribution >= 4 is 29.5 Å². The lowest BCUT2D eigenvalue weighted by Gasteiger charge is -2.46. The third kappa shape index (κ3) is 6.58. The number of unbranched alkanes of at least 4 members (excludes halogenated alkanes) is 3. The molecule has 220 valence electrons. The van der Waals surface area contributed by atoms with Crippen LogP contribution in [0.1, 0.15) is 86.0 Å². The Kier molecular flexibility index (Phi) is 10.4. The number of aliphatic hydroxyl groups excluding tert-OH is 1. The molecule has 8 heteroatoms. The van der Waals surface area contributed by atoms with E-state index in [1.165, 1.54) is 0 Å². The molecule has 3 saturated heterocycles. The van der Waals surface area contributed by atoms with E-state index in [0.717, 1.165) is 44.9 Å². The normalized spacial score (nSPS) is 27.9. The van der Waals surface area contributed by atoms with E-state index >= 15 is 0 Å². The minimum absolute atomic E-state index is 0.00274. The molecule has 3 aliphatic rings. The van der Waals surface area contributed by atoms with Crippen molar-refractivity contribution < 1.29 is 24.2 Å². The van der Waals surface area contributed by atoms with Crippen LogP contribution in [0, 0.1) is 17.3 Å². The van der Waals surface area contributed by atoms with E-state index in [9.17, 15) is 14.4 Å². The van der Waals surface area contributed by atoms with Crippen molar-refractivity contribution in [2.75, 3.05) is 26.3 Å². The average molecular weight is 563 g/mol. The molecular formula is C31H50N2O5S. The van der Waals surface area contributed by atoms with Crippen molar-refractivity contribution in [1.82, 2.24) is 9.80 Å². The maximum Gasteiger partial charge on any atom is 0.310 e. The summed E-state index contributed by atoms with van der Waals surface area (Å²) in [4.78, 5) is 45.9. The molecule has 2 unspecified atom stereocenters. The summed E-state index contributed by atoms with van der Waals surface area (Å²) in [5.41, 5.74) is -0.443. The zero-order chi connectivity index (χ0) is 29.0. The minimum Gasteiger partial charge on any atom is -0.465 e. The number of rotatable bonds is 15. The lowest BCUT2D eigenvalue weighted by Crippen LogP contribution is -2.60. The number of aliphatic hydroxyl groups is 1. The van der Waals surface area contributed by atoms with Gasteiger partial charge < -0.3 is 19.6 Å². The lowest BCUT2D eigenvalue weighted by molar-refractivity contribution is -0.154. The smallest absolute Gasteiger partial charge is 0.310 e. The monoisotopic (exact) mass is 562 g/mol. The van der Waals surface area contributed by atoms with Gasteiger partial charge in [0.2, 0.25) is 11.8 Å². The first-order valence-electron chi connectivity index (χ1n) is 14.6. The molecular weight excluding hydrogens is 512 g/mol. The first kappa shape index (κ1) is 31.7. The van der Waals surface area contributed by atoms with Crippen LogP contribution >= 0.6 is 11.8 Å². The quantitative estimate of drug-likeness (QED) is 0.172. The summed E-state index contributed by atoms with van der Waals surface area (Å²) in [7, 11) is 0. The van der Waals surface area contributed by atoms with Crippen molar-refractivity contribution in [2.45, 2.75) is 108 Å². The molecule has 5 atom stereocenters. The van der Waals surface area contributed by atoms with E-state index in [1.54, 1.807) is 28.8 Å². The molecule has 3 heterocycles. The number of carbonyl (C=O) groups is 3. The molecule has 0 aromatic rings. The summed E-state index contributed by atoms with van der Waals surface area (Å²) < 4.78 is 4.98. The number of ether oxygens (including phenoxy) is 1. The molecule has 3 aliphatic heterocycles. The van der Waals surface area contributed by atoms with Gasteiger partial charge in [-0.3, -0.25) is 14.4 Å². The van der Waals surface area contributed by atoms with Crippen LogP contribution in [-0.4, -0.2) is 80.6 Å². The van der Waals surface area contributed by atoms with Crippen molar-refractivity contribution in [2.24, 2.45) is 17.3 Å². The molecule has 3 rings (SSSR count). The number of carbonyl (C=O) groups excluding carboxylic acids is 3. The molecule has 2 bridgehead atoms. The molecule has 1 spiro atoms. The molecule has 2 amide bonds. The topological polar surface area (TPSA) is 87.1 Å². The molecule has 39 heavy (non-hydrogen) atoms. The van der Waals surface area contributed by atoms with Gasteiger partial charge in [0, 0.05) is 30.5 Å². The van der Waals surface area contributed by atoms with Gasteiger partial charge in [0.15, 0.2) is 0 Å². The highest BCUT2D eigenvalue weighted by Gasteiger charge is 2.74. The van der Waals surface area contributed by atoms with Crippen molar-refractivity contribution in [3.05, 3.63) is 25.3 Å². The van der Waals surface area contributed by atoms with E-state index < -0.39 is 28.2 Å². The fourth-order valence-corrected chi connectivity index (χ4v) is 9.53. The van der Waals surface area contributed by atoms with Crippen LogP contribution in [-0.2, 0) is 19.1 Å². The number of likely N-dealkylation sites (tertiary alicyclic amines) is 1. The Morgan fingerprint density at radius 1 is 1.15 bits per heavy atom. The zero-order valence-corrected chi connectivity index (χ0v) is 25.6. The van der Waals surface area contributed by atoms with E-state index in [1.807, 2.05) is 4.90 Å². The van der Waals surface area contributed by atoms with Gasteiger partial charge in [-0.25, -0.2) is 0 Å². The standard InChI is InChI=1S/C31H50N2O5S/c1-8-10-20-38-28(37)23-22-15-16-31(39-22)24(23)26(35)32(18-13-11-12-14-19-34)25(31)27(36)33(17-9-2)30(6,7)21-29(3,4)5/h8-9,22-25,34H,1-2,10-21H2,3-7H3/t22-,23+,24+,25?,31?/m1/s1. The van der Waals surface area contributed by atoms with Crippen LogP contribution in [0.15, 0.2) is 25.3 Å². The summed E-state index contributed by atoms with van der Waals surface area (Å²) >= 11 is 1.69. The first-order valence-corrected chi connectivity index (χ1v) is 15.5. The van der Waals surface area contributed by atoms with Gasteiger partial charge in [0.25, 0.3) is 0 Å². The summed E-state index contributed by atoms with van der Waals surface area (Å²) in [5.74, 6) is -1.50. The summed E-state index contributed by atoms with van der Waals surface area (Å²) in [6.07, 6.45) is 9.63. The number of nitrogens with zero attached hydrogens (tertiary/aromatic N) is 2. The Morgan fingerprint density at radius 3 is 2.46 bits per heavy atom. The van der Waals surface area contributed by atoms with Crippen LogP contribution in [0.2, 0.25) is 0 Å². The lowest BCUT2D eigenvalue weighted by atomic mass is 9.71. The van der Waals surface area contributed by atoms with Gasteiger partial charge >= 0.3 is 5.97 Å². The Bertz CT molecular complexity index is 928. The number of esters is 1. The fourth-order valence-electron chi connectivity index (χ4n) is 7.33. The second-order valence-corrected chi connectivity index (χ2v) is 14.9. The van der Waals surface area contributed by atoms with Gasteiger partial charge in [-0.1, -0.05) is 45.8 Å². The van der Waals surface area contributed by atoms with E-state index in [0.29, 0.717) is 19.5 Å². The van der Waals surface area contributed by atoms with Crippen molar-refractivity contribution in [1.29, 1.82) is 0 Å². The van der Waals surface area contributed by atoms with Gasteiger partial charge in [0.1, 0.15) is 6.04 Å². The number of amides is 2. The SMILES string of the molecule is C=CCCOC(=O)[C@@H]1[C@H]2C(=O)N(CCCCCCO)C(C(=O)N(CC=C)C(C)(C)CC(C)(C)C)C23CC[C@H]1S3. The largest absolute Gasteiger partial charge is 0.465 e. The highest BCUT2D eigenvalue weighted by atomic mass is 32.2. The second-order valence-electron chi connectivity index (χ2n) is 13.3. The molecule has 0 saturated carbocycles. The van der Waals surface area contributed by atoms with Gasteiger partial charge in [-0.2, -0.15) is 0 Å². The average Bonchev–Trinajstić information content (AvgIpc) is 3.48. The number of thioether (sulfide) groups is 1. The van der Waals surface area contributed by atoms with Crippen LogP contribution < -0.4 is 0 Å². The molecule has 0 radical (unpaired) electrons. The number of hydrogen-bond donors (Lipinski definition) is 1. The Hall–Kier alpha value is -1.80. The molecule has 1 N–H and O–H groups in total. The van der Waals surface area contributed by atoms with E-state index in [-0.39, 0.29) is 41.7 Å². The van der Waals surface area contributed by atoms with Crippen LogP contribution in [0.5, 0.6) is 0 Å². The summed E-state index contributed by atoms with van der Waals surface area (Å²) in [6, 6.07) is -0.618. The third-order valence-corrected chi connectivity index (χ3v) is 10.4. The second kappa shape index (κ2) is 12.8. The number of fused-ring (bicyclic) bond motifs is 1. The van der Waals surface area contributed by atoms with Gasteiger partial charge in [0.05, 0.1) is 23.2 Å². The minimum atomic E-state index is -0.622. The predicted molar refractivity (Wildman–Crippen MR) is 157 cm³/mol. The Balaban J connectivity index is 1.98. The Morgan fingerprint density at radius 2 is 1.85 bits per heavy atom. The molecule has 0 aromatic heterocycles. The van der Waals surface area contributed by atoms with Gasteiger partial charge in [-0.05, 0) is 57.8 Å². The summed E-state index contributed by atoms with van der Waals surface area (Å²) in [5, 5.41) is 9.16. The maximum absolute atomic E-state index is 14.7. The fraction of sp³-hybridized carbons (Fsp3) is 0.774. The molecule has 0 aliphatic carbocycles. The maximum atomic E-state index is 14.7.